The molecule has 3 atom stereocenters. The lowest BCUT2D eigenvalue weighted by molar-refractivity contribution is -0.151. The van der Waals surface area contributed by atoms with Crippen LogP contribution in [0, 0.1) is 0 Å². The first kappa shape index (κ1) is 62.1. The van der Waals surface area contributed by atoms with Crippen LogP contribution in [0.5, 0.6) is 0 Å². The monoisotopic (exact) mass is 900 g/mol. The molecule has 0 radical (unpaired) electrons. The number of nitrogens with one attached hydrogen (secondary N) is 1. The highest BCUT2D eigenvalue weighted by molar-refractivity contribution is 5.77. The van der Waals surface area contributed by atoms with Gasteiger partial charge in [0, 0.05) is 6.42 Å². The predicted molar refractivity (Wildman–Crippen MR) is 278 cm³/mol. The van der Waals surface area contributed by atoms with Crippen LogP contribution in [-0.2, 0) is 14.3 Å². The standard InChI is InChI=1S/C58H109NO5/c1-4-7-10-13-16-19-22-25-27-28-29-30-31-33-36-39-42-45-48-51-58(63)64-54(49-46-43-40-37-34-24-21-18-15-12-9-6-3)52-57(62)59-55(53-60)56(61)50-47-44-41-38-35-32-26-23-20-17-14-11-8-5-2/h16,19,25,27,29-30,54-56,60-61H,4-15,17-18,20-24,26,28,31-53H2,1-3H3,(H,59,62)/b19-16-,27-25-,30-29-. The molecule has 6 heteroatoms. The van der Waals surface area contributed by atoms with Crippen LogP contribution in [0.4, 0.5) is 0 Å². The number of ether oxygens (including phenoxy) is 1. The maximum Gasteiger partial charge on any atom is 0.306 e. The Bertz CT molecular complexity index is 1060. The minimum atomic E-state index is -0.787. The first-order valence-corrected chi connectivity index (χ1v) is 28.2. The minimum absolute atomic E-state index is 0.0765. The molecule has 6 nitrogen and oxygen atoms in total. The van der Waals surface area contributed by atoms with E-state index in [-0.39, 0.29) is 24.9 Å². The number of rotatable bonds is 51. The molecule has 0 aromatic carbocycles. The van der Waals surface area contributed by atoms with E-state index in [1.165, 1.54) is 186 Å². The number of unbranched alkanes of at least 4 members (excludes halogenated alkanes) is 33. The van der Waals surface area contributed by atoms with Crippen molar-refractivity contribution in [1.82, 2.24) is 5.32 Å². The van der Waals surface area contributed by atoms with E-state index in [0.717, 1.165) is 64.2 Å². The van der Waals surface area contributed by atoms with Crippen molar-refractivity contribution in [2.45, 2.75) is 315 Å². The van der Waals surface area contributed by atoms with Crippen LogP contribution >= 0.6 is 0 Å². The average Bonchev–Trinajstić information content (AvgIpc) is 3.29. The van der Waals surface area contributed by atoms with Crippen molar-refractivity contribution in [1.29, 1.82) is 0 Å². The van der Waals surface area contributed by atoms with Crippen LogP contribution in [0.25, 0.3) is 0 Å². The molecule has 0 aromatic rings. The van der Waals surface area contributed by atoms with Crippen LogP contribution < -0.4 is 5.32 Å². The highest BCUT2D eigenvalue weighted by Gasteiger charge is 2.24. The van der Waals surface area contributed by atoms with E-state index in [4.69, 9.17) is 4.74 Å². The second-order valence-electron chi connectivity index (χ2n) is 19.3. The van der Waals surface area contributed by atoms with E-state index < -0.39 is 18.2 Å². The topological polar surface area (TPSA) is 95.9 Å². The average molecular weight is 901 g/mol. The first-order chi connectivity index (χ1) is 31.5. The Morgan fingerprint density at radius 1 is 0.453 bits per heavy atom. The highest BCUT2D eigenvalue weighted by atomic mass is 16.5. The fourth-order valence-corrected chi connectivity index (χ4v) is 8.67. The van der Waals surface area contributed by atoms with Gasteiger partial charge in [0.2, 0.25) is 5.91 Å². The molecule has 0 aliphatic carbocycles. The molecule has 0 aliphatic rings. The molecule has 0 bridgehead atoms. The molecule has 1 amide bonds. The van der Waals surface area contributed by atoms with Gasteiger partial charge in [-0.15, -0.1) is 0 Å². The minimum Gasteiger partial charge on any atom is -0.462 e. The number of hydrogen-bond donors (Lipinski definition) is 3. The summed E-state index contributed by atoms with van der Waals surface area (Å²) in [7, 11) is 0. The van der Waals surface area contributed by atoms with Gasteiger partial charge in [0.25, 0.3) is 0 Å². The summed E-state index contributed by atoms with van der Waals surface area (Å²) in [6.45, 7) is 6.48. The summed E-state index contributed by atoms with van der Waals surface area (Å²) in [5, 5.41) is 23.8. The van der Waals surface area contributed by atoms with Crippen molar-refractivity contribution >= 4 is 11.9 Å². The van der Waals surface area contributed by atoms with Crippen molar-refractivity contribution < 1.29 is 24.5 Å². The molecule has 0 spiro atoms. The smallest absolute Gasteiger partial charge is 0.306 e. The van der Waals surface area contributed by atoms with Crippen LogP contribution in [0.15, 0.2) is 36.5 Å². The molecule has 376 valence electrons. The zero-order valence-electron chi connectivity index (χ0n) is 42.9. The summed E-state index contributed by atoms with van der Waals surface area (Å²) in [5.41, 5.74) is 0. The third kappa shape index (κ3) is 46.6. The normalized spacial score (nSPS) is 13.4. The lowest BCUT2D eigenvalue weighted by atomic mass is 10.0. The van der Waals surface area contributed by atoms with E-state index in [0.29, 0.717) is 19.3 Å². The number of hydrogen-bond acceptors (Lipinski definition) is 5. The fourth-order valence-electron chi connectivity index (χ4n) is 8.67. The second kappa shape index (κ2) is 52.1. The van der Waals surface area contributed by atoms with Crippen LogP contribution in [0.1, 0.15) is 297 Å². The van der Waals surface area contributed by atoms with E-state index in [1.807, 2.05) is 0 Å². The molecule has 3 unspecified atom stereocenters. The Balaban J connectivity index is 4.51. The number of esters is 1. The van der Waals surface area contributed by atoms with Gasteiger partial charge in [-0.05, 0) is 64.2 Å². The van der Waals surface area contributed by atoms with Crippen molar-refractivity contribution in [3.63, 3.8) is 0 Å². The van der Waals surface area contributed by atoms with Gasteiger partial charge in [-0.1, -0.05) is 256 Å². The van der Waals surface area contributed by atoms with Crippen molar-refractivity contribution in [3.05, 3.63) is 36.5 Å². The molecule has 0 saturated heterocycles. The number of aliphatic hydroxyl groups excluding tert-OH is 2. The third-order valence-corrected chi connectivity index (χ3v) is 13.0. The van der Waals surface area contributed by atoms with Crippen LogP contribution in [-0.4, -0.2) is 46.9 Å². The number of amides is 1. The molecule has 0 aliphatic heterocycles. The second-order valence-corrected chi connectivity index (χ2v) is 19.3. The quantitative estimate of drug-likeness (QED) is 0.0321. The number of carbonyl (C=O) groups excluding carboxylic acids is 2. The molecule has 0 heterocycles. The summed E-state index contributed by atoms with van der Waals surface area (Å²) in [5.74, 6) is -0.474. The van der Waals surface area contributed by atoms with Gasteiger partial charge in [-0.3, -0.25) is 9.59 Å². The van der Waals surface area contributed by atoms with Gasteiger partial charge in [0.1, 0.15) is 6.10 Å². The molecule has 3 N–H and O–H groups in total. The summed E-state index contributed by atoms with van der Waals surface area (Å²) < 4.78 is 5.95. The van der Waals surface area contributed by atoms with Crippen LogP contribution in [0.2, 0.25) is 0 Å². The third-order valence-electron chi connectivity index (χ3n) is 13.0. The SMILES string of the molecule is CCCCC/C=C\C/C=C\C/C=C\CCCCCCCCC(=O)OC(CCCCCCCCCCCCCC)CC(=O)NC(CO)C(O)CCCCCCCCCCCCCCCC. The van der Waals surface area contributed by atoms with E-state index in [2.05, 4.69) is 62.5 Å². The molecular weight excluding hydrogens is 791 g/mol. The Morgan fingerprint density at radius 3 is 1.23 bits per heavy atom. The molecule has 0 saturated carbocycles. The molecule has 0 aromatic heterocycles. The Morgan fingerprint density at radius 2 is 0.797 bits per heavy atom. The Labute approximate surface area is 398 Å². The Kier molecular flexibility index (Phi) is 50.5. The summed E-state index contributed by atoms with van der Waals surface area (Å²) in [6.07, 6.45) is 62.0. The van der Waals surface area contributed by atoms with Gasteiger partial charge in [0.05, 0.1) is 25.2 Å². The van der Waals surface area contributed by atoms with E-state index >= 15 is 0 Å². The maximum absolute atomic E-state index is 13.2. The van der Waals surface area contributed by atoms with Crippen LogP contribution in [0.3, 0.4) is 0 Å². The van der Waals surface area contributed by atoms with Gasteiger partial charge >= 0.3 is 5.97 Å². The largest absolute Gasteiger partial charge is 0.462 e. The molecule has 0 fully saturated rings. The van der Waals surface area contributed by atoms with E-state index in [1.54, 1.807) is 0 Å². The zero-order valence-corrected chi connectivity index (χ0v) is 42.9. The first-order valence-electron chi connectivity index (χ1n) is 28.2. The van der Waals surface area contributed by atoms with E-state index in [9.17, 15) is 19.8 Å². The molecule has 0 rings (SSSR count). The maximum atomic E-state index is 13.2. The fraction of sp³-hybridized carbons (Fsp3) is 0.862. The summed E-state index contributed by atoms with van der Waals surface area (Å²) in [4.78, 5) is 26.2. The number of aliphatic hydroxyl groups is 2. The highest BCUT2D eigenvalue weighted by Crippen LogP contribution is 2.18. The summed E-state index contributed by atoms with van der Waals surface area (Å²) in [6, 6.07) is -0.701. The van der Waals surface area contributed by atoms with Crippen molar-refractivity contribution in [2.24, 2.45) is 0 Å². The van der Waals surface area contributed by atoms with Gasteiger partial charge in [0.15, 0.2) is 0 Å². The number of allylic oxidation sites excluding steroid dienone is 6. The molecule has 64 heavy (non-hydrogen) atoms. The van der Waals surface area contributed by atoms with Gasteiger partial charge in [-0.25, -0.2) is 0 Å². The van der Waals surface area contributed by atoms with Crippen molar-refractivity contribution in [3.8, 4) is 0 Å². The molecular formula is C58H109NO5. The Hall–Kier alpha value is -1.92. The predicted octanol–water partition coefficient (Wildman–Crippen LogP) is 17.2. The van der Waals surface area contributed by atoms with Gasteiger partial charge in [-0.2, -0.15) is 0 Å². The summed E-state index contributed by atoms with van der Waals surface area (Å²) >= 11 is 0. The van der Waals surface area contributed by atoms with Gasteiger partial charge < -0.3 is 20.3 Å². The lowest BCUT2D eigenvalue weighted by Gasteiger charge is -2.24. The van der Waals surface area contributed by atoms with Crippen molar-refractivity contribution in [2.75, 3.05) is 6.61 Å². The number of carbonyl (C=O) groups is 2. The lowest BCUT2D eigenvalue weighted by Crippen LogP contribution is -2.46. The zero-order chi connectivity index (χ0) is 46.7.